The van der Waals surface area contributed by atoms with Crippen LogP contribution in [0.15, 0.2) is 54.7 Å². The fourth-order valence-corrected chi connectivity index (χ4v) is 3.90. The highest BCUT2D eigenvalue weighted by Crippen LogP contribution is 2.54. The van der Waals surface area contributed by atoms with Gasteiger partial charge in [0.15, 0.2) is 0 Å². The molecule has 1 saturated heterocycles. The molecule has 2 aliphatic rings. The van der Waals surface area contributed by atoms with E-state index in [0.717, 1.165) is 56.7 Å². The van der Waals surface area contributed by atoms with Crippen LogP contribution in [0.4, 0.5) is 5.82 Å². The third kappa shape index (κ3) is 3.70. The molecule has 1 saturated carbocycles. The number of benzene rings is 1. The van der Waals surface area contributed by atoms with Gasteiger partial charge in [-0.1, -0.05) is 36.4 Å². The molecule has 1 aliphatic carbocycles. The lowest BCUT2D eigenvalue weighted by molar-refractivity contribution is 0.0892. The Morgan fingerprint density at radius 3 is 2.44 bits per heavy atom. The third-order valence-corrected chi connectivity index (χ3v) is 5.80. The average molecular weight is 337 g/mol. The topological polar surface area (TPSA) is 48.4 Å². The van der Waals surface area contributed by atoms with Gasteiger partial charge in [-0.15, -0.1) is 0 Å². The molecule has 132 valence electrons. The summed E-state index contributed by atoms with van der Waals surface area (Å²) in [6, 6.07) is 16.7. The van der Waals surface area contributed by atoms with Gasteiger partial charge in [-0.3, -0.25) is 0 Å². The van der Waals surface area contributed by atoms with E-state index in [2.05, 4.69) is 27.3 Å². The number of hydrogen-bond acceptors (Lipinski definition) is 4. The molecule has 4 nitrogen and oxygen atoms in total. The highest BCUT2D eigenvalue weighted by Gasteiger charge is 2.49. The summed E-state index contributed by atoms with van der Waals surface area (Å²) in [4.78, 5) is 6.82. The molecule has 25 heavy (non-hydrogen) atoms. The van der Waals surface area contributed by atoms with Gasteiger partial charge in [-0.2, -0.15) is 0 Å². The number of anilines is 1. The number of hydrogen-bond donors (Lipinski definition) is 2. The summed E-state index contributed by atoms with van der Waals surface area (Å²) < 4.78 is 0. The SMILES string of the molecule is O[C@@H](c1ccccc1)C1(CNC2CCN(c3ccccn3)CC2)CC1. The van der Waals surface area contributed by atoms with Crippen LogP contribution in [0.2, 0.25) is 0 Å². The van der Waals surface area contributed by atoms with Gasteiger partial charge in [0, 0.05) is 37.3 Å². The van der Waals surface area contributed by atoms with Crippen LogP contribution in [0.25, 0.3) is 0 Å². The van der Waals surface area contributed by atoms with Gasteiger partial charge in [0.2, 0.25) is 0 Å². The molecule has 0 spiro atoms. The third-order valence-electron chi connectivity index (χ3n) is 5.80. The monoisotopic (exact) mass is 337 g/mol. The molecule has 1 aromatic carbocycles. The zero-order valence-electron chi connectivity index (χ0n) is 14.6. The Hall–Kier alpha value is -1.91. The predicted molar refractivity (Wildman–Crippen MR) is 101 cm³/mol. The second-order valence-electron chi connectivity index (χ2n) is 7.51. The molecule has 0 radical (unpaired) electrons. The minimum absolute atomic E-state index is 0.0411. The van der Waals surface area contributed by atoms with Crippen molar-refractivity contribution < 1.29 is 5.11 Å². The van der Waals surface area contributed by atoms with Crippen LogP contribution in [0, 0.1) is 5.41 Å². The molecule has 1 aromatic heterocycles. The number of piperidine rings is 1. The number of pyridine rings is 1. The summed E-state index contributed by atoms with van der Waals surface area (Å²) in [5.41, 5.74) is 1.09. The summed E-state index contributed by atoms with van der Waals surface area (Å²) in [5, 5.41) is 14.5. The second-order valence-corrected chi connectivity index (χ2v) is 7.51. The van der Waals surface area contributed by atoms with Crippen LogP contribution in [0.3, 0.4) is 0 Å². The van der Waals surface area contributed by atoms with Crippen LogP contribution >= 0.6 is 0 Å². The van der Waals surface area contributed by atoms with E-state index < -0.39 is 0 Å². The van der Waals surface area contributed by atoms with E-state index in [1.54, 1.807) is 0 Å². The quantitative estimate of drug-likeness (QED) is 0.850. The number of aliphatic hydroxyl groups excluding tert-OH is 1. The van der Waals surface area contributed by atoms with Crippen LogP contribution in [-0.2, 0) is 0 Å². The van der Waals surface area contributed by atoms with Gasteiger partial charge in [-0.05, 0) is 43.4 Å². The zero-order chi connectivity index (χ0) is 17.1. The largest absolute Gasteiger partial charge is 0.388 e. The van der Waals surface area contributed by atoms with Gasteiger partial charge in [0.25, 0.3) is 0 Å². The minimum Gasteiger partial charge on any atom is -0.388 e. The first-order valence-electron chi connectivity index (χ1n) is 9.39. The van der Waals surface area contributed by atoms with Crippen molar-refractivity contribution in [2.75, 3.05) is 24.5 Å². The molecule has 2 fully saturated rings. The van der Waals surface area contributed by atoms with E-state index >= 15 is 0 Å². The molecule has 0 unspecified atom stereocenters. The van der Waals surface area contributed by atoms with E-state index in [9.17, 15) is 5.11 Å². The van der Waals surface area contributed by atoms with E-state index in [4.69, 9.17) is 0 Å². The van der Waals surface area contributed by atoms with E-state index in [-0.39, 0.29) is 11.5 Å². The van der Waals surface area contributed by atoms with E-state index in [1.807, 2.05) is 42.6 Å². The Morgan fingerprint density at radius 2 is 1.80 bits per heavy atom. The summed E-state index contributed by atoms with van der Waals surface area (Å²) >= 11 is 0. The van der Waals surface area contributed by atoms with Crippen LogP contribution in [0.5, 0.6) is 0 Å². The first-order chi connectivity index (χ1) is 12.3. The summed E-state index contributed by atoms with van der Waals surface area (Å²) in [6.45, 7) is 3.00. The number of nitrogens with one attached hydrogen (secondary N) is 1. The van der Waals surface area contributed by atoms with Crippen LogP contribution in [-0.4, -0.2) is 35.8 Å². The number of nitrogens with zero attached hydrogens (tertiary/aromatic N) is 2. The van der Waals surface area contributed by atoms with Crippen molar-refractivity contribution in [2.24, 2.45) is 5.41 Å². The van der Waals surface area contributed by atoms with Gasteiger partial charge < -0.3 is 15.3 Å². The summed E-state index contributed by atoms with van der Waals surface area (Å²) in [5.74, 6) is 1.08. The van der Waals surface area contributed by atoms with E-state index in [1.165, 1.54) is 0 Å². The van der Waals surface area contributed by atoms with Crippen molar-refractivity contribution in [1.82, 2.24) is 10.3 Å². The van der Waals surface area contributed by atoms with Crippen LogP contribution < -0.4 is 10.2 Å². The maximum absolute atomic E-state index is 10.8. The molecule has 1 atom stereocenters. The van der Waals surface area contributed by atoms with Gasteiger partial charge >= 0.3 is 0 Å². The molecule has 4 rings (SSSR count). The van der Waals surface area contributed by atoms with Crippen molar-refractivity contribution in [3.8, 4) is 0 Å². The Balaban J connectivity index is 1.28. The number of rotatable bonds is 6. The first kappa shape index (κ1) is 16.6. The van der Waals surface area contributed by atoms with Crippen LogP contribution in [0.1, 0.15) is 37.4 Å². The van der Waals surface area contributed by atoms with Crippen molar-refractivity contribution in [2.45, 2.75) is 37.8 Å². The highest BCUT2D eigenvalue weighted by molar-refractivity contribution is 5.38. The Kier molecular flexibility index (Phi) is 4.73. The molecular formula is C21H27N3O. The molecular weight excluding hydrogens is 310 g/mol. The molecule has 2 N–H and O–H groups in total. The fraction of sp³-hybridized carbons (Fsp3) is 0.476. The molecule has 0 bridgehead atoms. The smallest absolute Gasteiger partial charge is 0.128 e. The zero-order valence-corrected chi connectivity index (χ0v) is 14.6. The molecule has 0 amide bonds. The Bertz CT molecular complexity index is 664. The molecule has 2 heterocycles. The lowest BCUT2D eigenvalue weighted by atomic mass is 9.92. The summed E-state index contributed by atoms with van der Waals surface area (Å²) in [7, 11) is 0. The van der Waals surface area contributed by atoms with Crippen molar-refractivity contribution in [3.63, 3.8) is 0 Å². The van der Waals surface area contributed by atoms with Crippen molar-refractivity contribution >= 4 is 5.82 Å². The first-order valence-corrected chi connectivity index (χ1v) is 9.39. The predicted octanol–water partition coefficient (Wildman–Crippen LogP) is 3.15. The van der Waals surface area contributed by atoms with E-state index in [0.29, 0.717) is 6.04 Å². The maximum Gasteiger partial charge on any atom is 0.128 e. The highest BCUT2D eigenvalue weighted by atomic mass is 16.3. The van der Waals surface area contributed by atoms with Gasteiger partial charge in [-0.25, -0.2) is 4.98 Å². The average Bonchev–Trinajstić information content (AvgIpc) is 3.49. The van der Waals surface area contributed by atoms with Gasteiger partial charge in [0.05, 0.1) is 6.10 Å². The van der Waals surface area contributed by atoms with Crippen molar-refractivity contribution in [3.05, 3.63) is 60.3 Å². The fourth-order valence-electron chi connectivity index (χ4n) is 3.90. The number of aromatic nitrogens is 1. The minimum atomic E-state index is -0.352. The molecule has 4 heteroatoms. The Morgan fingerprint density at radius 1 is 1.08 bits per heavy atom. The lowest BCUT2D eigenvalue weighted by Gasteiger charge is -2.34. The normalized spacial score (nSPS) is 21.1. The molecule has 2 aromatic rings. The molecule has 1 aliphatic heterocycles. The standard InChI is InChI=1S/C21H27N3O/c25-20(17-6-2-1-3-7-17)21(11-12-21)16-23-18-9-14-24(15-10-18)19-8-4-5-13-22-19/h1-8,13,18,20,23,25H,9-12,14-16H2/t20-/m0/s1. The second kappa shape index (κ2) is 7.14. The maximum atomic E-state index is 10.8. The lowest BCUT2D eigenvalue weighted by Crippen LogP contribution is -2.45. The summed E-state index contributed by atoms with van der Waals surface area (Å²) in [6.07, 6.45) is 6.00. The van der Waals surface area contributed by atoms with Gasteiger partial charge in [0.1, 0.15) is 5.82 Å². The van der Waals surface area contributed by atoms with Crippen molar-refractivity contribution in [1.29, 1.82) is 0 Å². The number of aliphatic hydroxyl groups is 1. The Labute approximate surface area is 149 Å².